The standard InChI is InChI=1S/C11H15N5O3S2/c1-2-12-9-10(16-3-4-20-11(16)14-9)21(18,19)15-7-5-8(17)13-6-7/h3-4,7,12,15H,2,5-6H2,1H3,(H,13,17). The summed E-state index contributed by atoms with van der Waals surface area (Å²) in [5, 5.41) is 7.43. The van der Waals surface area contributed by atoms with Crippen molar-refractivity contribution in [2.75, 3.05) is 18.4 Å². The molecule has 3 N–H and O–H groups in total. The summed E-state index contributed by atoms with van der Waals surface area (Å²) in [5.74, 6) is 0.178. The summed E-state index contributed by atoms with van der Waals surface area (Å²) in [6.07, 6.45) is 1.82. The maximum Gasteiger partial charge on any atom is 0.260 e. The third-order valence-corrected chi connectivity index (χ3v) is 5.42. The lowest BCUT2D eigenvalue weighted by molar-refractivity contribution is -0.119. The fraction of sp³-hybridized carbons (Fsp3) is 0.455. The molecule has 10 heteroatoms. The molecule has 1 aliphatic heterocycles. The largest absolute Gasteiger partial charge is 0.368 e. The number of aromatic nitrogens is 2. The van der Waals surface area contributed by atoms with Crippen LogP contribution >= 0.6 is 11.3 Å². The zero-order valence-electron chi connectivity index (χ0n) is 11.3. The Morgan fingerprint density at radius 3 is 3.05 bits per heavy atom. The molecule has 2 aromatic heterocycles. The summed E-state index contributed by atoms with van der Waals surface area (Å²) in [7, 11) is -3.77. The number of nitrogens with one attached hydrogen (secondary N) is 3. The maximum atomic E-state index is 12.6. The Morgan fingerprint density at radius 1 is 1.57 bits per heavy atom. The molecular formula is C11H15N5O3S2. The van der Waals surface area contributed by atoms with Crippen LogP contribution in [0.15, 0.2) is 16.6 Å². The van der Waals surface area contributed by atoms with Crippen LogP contribution in [0.25, 0.3) is 4.96 Å². The molecule has 3 rings (SSSR count). The van der Waals surface area contributed by atoms with E-state index in [1.165, 1.54) is 15.7 Å². The number of carbonyl (C=O) groups is 1. The Bertz CT molecular complexity index is 779. The van der Waals surface area contributed by atoms with Crippen LogP contribution in [-0.4, -0.2) is 42.8 Å². The van der Waals surface area contributed by atoms with Crippen molar-refractivity contribution >= 4 is 38.0 Å². The van der Waals surface area contributed by atoms with Gasteiger partial charge in [0, 0.05) is 37.1 Å². The first-order valence-corrected chi connectivity index (χ1v) is 8.86. The summed E-state index contributed by atoms with van der Waals surface area (Å²) in [5.41, 5.74) is 0. The Hall–Kier alpha value is -1.65. The van der Waals surface area contributed by atoms with Gasteiger partial charge in [-0.15, -0.1) is 11.3 Å². The second-order valence-electron chi connectivity index (χ2n) is 4.68. The van der Waals surface area contributed by atoms with E-state index >= 15 is 0 Å². The number of fused-ring (bicyclic) bond motifs is 1. The highest BCUT2D eigenvalue weighted by atomic mass is 32.2. The van der Waals surface area contributed by atoms with Gasteiger partial charge in [-0.05, 0) is 6.92 Å². The molecule has 1 fully saturated rings. The van der Waals surface area contributed by atoms with Gasteiger partial charge in [-0.2, -0.15) is 0 Å². The normalized spacial score (nSPS) is 19.1. The highest BCUT2D eigenvalue weighted by Crippen LogP contribution is 2.26. The molecule has 1 unspecified atom stereocenters. The Labute approximate surface area is 125 Å². The molecular weight excluding hydrogens is 314 g/mol. The van der Waals surface area contributed by atoms with Crippen LogP contribution in [0, 0.1) is 0 Å². The average molecular weight is 329 g/mol. The van der Waals surface area contributed by atoms with E-state index in [0.29, 0.717) is 23.9 Å². The number of sulfonamides is 1. The molecule has 114 valence electrons. The number of hydrogen-bond donors (Lipinski definition) is 3. The molecule has 1 atom stereocenters. The summed E-state index contributed by atoms with van der Waals surface area (Å²) in [4.78, 5) is 16.1. The number of rotatable bonds is 5. The number of hydrogen-bond acceptors (Lipinski definition) is 6. The van der Waals surface area contributed by atoms with Crippen molar-refractivity contribution in [3.05, 3.63) is 11.6 Å². The summed E-state index contributed by atoms with van der Waals surface area (Å²) < 4.78 is 29.3. The van der Waals surface area contributed by atoms with E-state index in [9.17, 15) is 13.2 Å². The van der Waals surface area contributed by atoms with Crippen LogP contribution in [0.1, 0.15) is 13.3 Å². The predicted molar refractivity (Wildman–Crippen MR) is 79.0 cm³/mol. The van der Waals surface area contributed by atoms with Gasteiger partial charge in [-0.25, -0.2) is 18.1 Å². The Morgan fingerprint density at radius 2 is 2.38 bits per heavy atom. The molecule has 0 aliphatic carbocycles. The van der Waals surface area contributed by atoms with Crippen LogP contribution in [0.5, 0.6) is 0 Å². The molecule has 8 nitrogen and oxygen atoms in total. The van der Waals surface area contributed by atoms with E-state index in [1.54, 1.807) is 11.6 Å². The Balaban J connectivity index is 1.98. The lowest BCUT2D eigenvalue weighted by Gasteiger charge is -2.12. The maximum absolute atomic E-state index is 12.6. The number of imidazole rings is 1. The molecule has 0 radical (unpaired) electrons. The topological polar surface area (TPSA) is 105 Å². The van der Waals surface area contributed by atoms with E-state index in [0.717, 1.165) is 0 Å². The molecule has 1 amide bonds. The highest BCUT2D eigenvalue weighted by molar-refractivity contribution is 7.89. The second kappa shape index (κ2) is 5.28. The molecule has 0 spiro atoms. The van der Waals surface area contributed by atoms with E-state index in [-0.39, 0.29) is 17.4 Å². The van der Waals surface area contributed by atoms with Crippen molar-refractivity contribution in [2.45, 2.75) is 24.4 Å². The third kappa shape index (κ3) is 2.61. The van der Waals surface area contributed by atoms with Crippen molar-refractivity contribution in [2.24, 2.45) is 0 Å². The van der Waals surface area contributed by atoms with Crippen molar-refractivity contribution < 1.29 is 13.2 Å². The lowest BCUT2D eigenvalue weighted by Crippen LogP contribution is -2.37. The smallest absolute Gasteiger partial charge is 0.260 e. The van der Waals surface area contributed by atoms with Crippen LogP contribution in [-0.2, 0) is 14.8 Å². The third-order valence-electron chi connectivity index (χ3n) is 3.12. The average Bonchev–Trinajstić information content (AvgIpc) is 3.05. The van der Waals surface area contributed by atoms with Crippen LogP contribution in [0.4, 0.5) is 5.82 Å². The molecule has 21 heavy (non-hydrogen) atoms. The van der Waals surface area contributed by atoms with E-state index in [1.807, 2.05) is 6.92 Å². The van der Waals surface area contributed by atoms with Gasteiger partial charge in [0.1, 0.15) is 0 Å². The quantitative estimate of drug-likeness (QED) is 0.716. The van der Waals surface area contributed by atoms with Gasteiger partial charge >= 0.3 is 0 Å². The molecule has 1 aliphatic rings. The number of amides is 1. The van der Waals surface area contributed by atoms with Crippen molar-refractivity contribution in [1.82, 2.24) is 19.4 Å². The van der Waals surface area contributed by atoms with Crippen molar-refractivity contribution in [3.8, 4) is 0 Å². The van der Waals surface area contributed by atoms with Crippen LogP contribution < -0.4 is 15.4 Å². The molecule has 0 aromatic carbocycles. The van der Waals surface area contributed by atoms with E-state index in [4.69, 9.17) is 0 Å². The number of anilines is 1. The zero-order valence-corrected chi connectivity index (χ0v) is 12.9. The SMILES string of the molecule is CCNc1nc2sccn2c1S(=O)(=O)NC1CNC(=O)C1. The number of nitrogens with zero attached hydrogens (tertiary/aromatic N) is 2. The molecule has 1 saturated heterocycles. The molecule has 3 heterocycles. The second-order valence-corrected chi connectivity index (χ2v) is 7.18. The molecule has 0 bridgehead atoms. The molecule has 0 saturated carbocycles. The van der Waals surface area contributed by atoms with Crippen LogP contribution in [0.2, 0.25) is 0 Å². The van der Waals surface area contributed by atoms with Crippen molar-refractivity contribution in [1.29, 1.82) is 0 Å². The highest BCUT2D eigenvalue weighted by Gasteiger charge is 2.31. The van der Waals surface area contributed by atoms with E-state index in [2.05, 4.69) is 20.3 Å². The minimum absolute atomic E-state index is 0.0833. The van der Waals surface area contributed by atoms with Gasteiger partial charge in [-0.1, -0.05) is 0 Å². The molecule has 2 aromatic rings. The van der Waals surface area contributed by atoms with E-state index < -0.39 is 16.1 Å². The number of thiazole rings is 1. The van der Waals surface area contributed by atoms with Gasteiger partial charge in [0.05, 0.1) is 0 Å². The predicted octanol–water partition coefficient (Wildman–Crippen LogP) is -0.00560. The first kappa shape index (κ1) is 14.3. The Kier molecular flexibility index (Phi) is 3.59. The summed E-state index contributed by atoms with van der Waals surface area (Å²) in [6, 6.07) is -0.429. The van der Waals surface area contributed by atoms with Gasteiger partial charge in [0.25, 0.3) is 10.0 Å². The first-order chi connectivity index (χ1) is 10.0. The van der Waals surface area contributed by atoms with Crippen LogP contribution in [0.3, 0.4) is 0 Å². The van der Waals surface area contributed by atoms with Gasteiger partial charge in [-0.3, -0.25) is 9.20 Å². The fourth-order valence-electron chi connectivity index (χ4n) is 2.27. The number of carbonyl (C=O) groups excluding carboxylic acids is 1. The lowest BCUT2D eigenvalue weighted by atomic mass is 10.3. The minimum atomic E-state index is -3.77. The summed E-state index contributed by atoms with van der Waals surface area (Å²) >= 11 is 1.36. The van der Waals surface area contributed by atoms with Crippen molar-refractivity contribution in [3.63, 3.8) is 0 Å². The van der Waals surface area contributed by atoms with Gasteiger partial charge in [0.15, 0.2) is 15.8 Å². The minimum Gasteiger partial charge on any atom is -0.368 e. The monoisotopic (exact) mass is 329 g/mol. The first-order valence-electron chi connectivity index (χ1n) is 6.49. The summed E-state index contributed by atoms with van der Waals surface area (Å²) in [6.45, 7) is 2.74. The van der Waals surface area contributed by atoms with Gasteiger partial charge in [0.2, 0.25) is 5.91 Å². The van der Waals surface area contributed by atoms with Gasteiger partial charge < -0.3 is 10.6 Å². The fourth-order valence-corrected chi connectivity index (χ4v) is 4.54. The zero-order chi connectivity index (χ0) is 15.0.